The van der Waals surface area contributed by atoms with Crippen molar-refractivity contribution in [2.24, 2.45) is 5.92 Å². The minimum absolute atomic E-state index is 0.192. The van der Waals surface area contributed by atoms with Crippen molar-refractivity contribution in [3.05, 3.63) is 34.8 Å². The van der Waals surface area contributed by atoms with E-state index in [1.54, 1.807) is 12.4 Å². The van der Waals surface area contributed by atoms with Crippen LogP contribution in [0.2, 0.25) is 0 Å². The topological polar surface area (TPSA) is 105 Å². The van der Waals surface area contributed by atoms with Crippen molar-refractivity contribution >= 4 is 11.6 Å². The lowest BCUT2D eigenvalue weighted by atomic mass is 10.0. The van der Waals surface area contributed by atoms with E-state index in [1.807, 2.05) is 4.68 Å². The van der Waals surface area contributed by atoms with Gasteiger partial charge in [-0.15, -0.1) is 0 Å². The number of ether oxygens (including phenoxy) is 1. The number of nitrogens with zero attached hydrogens (tertiary/aromatic N) is 2. The summed E-state index contributed by atoms with van der Waals surface area (Å²) in [5.41, 5.74) is 0.390. The first-order valence-electron chi connectivity index (χ1n) is 6.90. The number of carbonyl (C=O) groups is 1. The number of amides is 1. The first-order valence-corrected chi connectivity index (χ1v) is 6.90. The Morgan fingerprint density at radius 1 is 1.48 bits per heavy atom. The Morgan fingerprint density at radius 3 is 3.00 bits per heavy atom. The van der Waals surface area contributed by atoms with Gasteiger partial charge in [-0.25, -0.2) is 4.79 Å². The van der Waals surface area contributed by atoms with E-state index >= 15 is 0 Å². The van der Waals surface area contributed by atoms with Crippen LogP contribution in [0.25, 0.3) is 0 Å². The minimum Gasteiger partial charge on any atom is -0.381 e. The fraction of sp³-hybridized carbons (Fsp3) is 0.462. The fourth-order valence-electron chi connectivity index (χ4n) is 2.37. The average Bonchev–Trinajstić information content (AvgIpc) is 3.09. The van der Waals surface area contributed by atoms with Crippen molar-refractivity contribution in [3.63, 3.8) is 0 Å². The smallest absolute Gasteiger partial charge is 0.323 e. The summed E-state index contributed by atoms with van der Waals surface area (Å²) in [6.45, 7) is 2.42. The number of aromatic nitrogens is 4. The second-order valence-corrected chi connectivity index (χ2v) is 5.12. The third kappa shape index (κ3) is 3.40. The molecule has 3 N–H and O–H groups in total. The van der Waals surface area contributed by atoms with Gasteiger partial charge in [0, 0.05) is 32.2 Å². The number of aromatic amines is 2. The van der Waals surface area contributed by atoms with E-state index in [4.69, 9.17) is 4.74 Å². The molecule has 8 nitrogen and oxygen atoms in total. The van der Waals surface area contributed by atoms with Crippen molar-refractivity contribution in [2.45, 2.75) is 19.4 Å². The predicted octanol–water partition coefficient (Wildman–Crippen LogP) is 0.578. The van der Waals surface area contributed by atoms with Gasteiger partial charge in [-0.3, -0.25) is 9.48 Å². The molecule has 3 heterocycles. The third-order valence-electron chi connectivity index (χ3n) is 3.52. The Morgan fingerprint density at radius 2 is 2.29 bits per heavy atom. The maximum absolute atomic E-state index is 11.9. The van der Waals surface area contributed by atoms with Crippen LogP contribution in [-0.4, -0.2) is 38.9 Å². The van der Waals surface area contributed by atoms with Crippen LogP contribution in [-0.2, 0) is 11.3 Å². The van der Waals surface area contributed by atoms with Crippen molar-refractivity contribution in [3.8, 4) is 0 Å². The first kappa shape index (κ1) is 13.6. The van der Waals surface area contributed by atoms with Gasteiger partial charge in [0.1, 0.15) is 5.69 Å². The van der Waals surface area contributed by atoms with Gasteiger partial charge in [-0.2, -0.15) is 5.10 Å². The lowest BCUT2D eigenvalue weighted by Gasteiger charge is -2.21. The van der Waals surface area contributed by atoms with Gasteiger partial charge in [-0.05, 0) is 18.8 Å². The summed E-state index contributed by atoms with van der Waals surface area (Å²) in [6.07, 6.45) is 6.79. The molecule has 2 aromatic heterocycles. The molecule has 0 atom stereocenters. The summed E-state index contributed by atoms with van der Waals surface area (Å²) in [5.74, 6) is 0.183. The average molecular weight is 291 g/mol. The molecule has 1 aliphatic rings. The highest BCUT2D eigenvalue weighted by Gasteiger charge is 2.15. The molecule has 1 amide bonds. The lowest BCUT2D eigenvalue weighted by Crippen LogP contribution is -2.20. The maximum Gasteiger partial charge on any atom is 0.323 e. The molecule has 21 heavy (non-hydrogen) atoms. The summed E-state index contributed by atoms with van der Waals surface area (Å²) < 4.78 is 7.15. The Kier molecular flexibility index (Phi) is 3.87. The maximum atomic E-state index is 11.9. The largest absolute Gasteiger partial charge is 0.381 e. The molecule has 2 aromatic rings. The van der Waals surface area contributed by atoms with Crippen LogP contribution < -0.4 is 11.0 Å². The molecule has 0 aliphatic carbocycles. The molecule has 0 saturated carbocycles. The van der Waals surface area contributed by atoms with Crippen molar-refractivity contribution in [1.82, 2.24) is 19.7 Å². The molecule has 1 saturated heterocycles. The van der Waals surface area contributed by atoms with Gasteiger partial charge in [0.15, 0.2) is 0 Å². The molecule has 0 aromatic carbocycles. The predicted molar refractivity (Wildman–Crippen MR) is 75.1 cm³/mol. The number of rotatable bonds is 4. The molecule has 112 valence electrons. The molecule has 0 radical (unpaired) electrons. The van der Waals surface area contributed by atoms with Crippen LogP contribution in [0.5, 0.6) is 0 Å². The van der Waals surface area contributed by atoms with Crippen molar-refractivity contribution in [2.75, 3.05) is 18.5 Å². The van der Waals surface area contributed by atoms with E-state index in [2.05, 4.69) is 20.4 Å². The van der Waals surface area contributed by atoms with Crippen LogP contribution >= 0.6 is 0 Å². The second kappa shape index (κ2) is 5.96. The molecule has 0 spiro atoms. The minimum atomic E-state index is -0.407. The molecule has 1 aliphatic heterocycles. The van der Waals surface area contributed by atoms with Crippen molar-refractivity contribution in [1.29, 1.82) is 0 Å². The van der Waals surface area contributed by atoms with Crippen LogP contribution in [0.15, 0.2) is 23.4 Å². The number of carbonyl (C=O) groups excluding carboxylic acids is 1. The molecule has 1 fully saturated rings. The number of hydrogen-bond acceptors (Lipinski definition) is 4. The Balaban J connectivity index is 1.59. The number of H-pyrrole nitrogens is 2. The van der Waals surface area contributed by atoms with Crippen LogP contribution in [0.4, 0.5) is 5.69 Å². The molecule has 0 bridgehead atoms. The molecular weight excluding hydrogens is 274 g/mol. The summed E-state index contributed by atoms with van der Waals surface area (Å²) >= 11 is 0. The van der Waals surface area contributed by atoms with E-state index < -0.39 is 5.69 Å². The van der Waals surface area contributed by atoms with Gasteiger partial charge in [0.05, 0.1) is 11.9 Å². The number of imidazole rings is 1. The molecule has 8 heteroatoms. The standard InChI is InChI=1S/C13H17N5O3/c19-12(11-6-14-13(20)17-11)16-10-5-15-18(8-10)7-9-1-3-21-4-2-9/h5-6,8-9H,1-4,7H2,(H,16,19)(H2,14,17,20). The molecule has 0 unspecified atom stereocenters. The zero-order valence-corrected chi connectivity index (χ0v) is 11.5. The van der Waals surface area contributed by atoms with E-state index in [-0.39, 0.29) is 11.6 Å². The molecule has 3 rings (SSSR count). The number of hydrogen-bond donors (Lipinski definition) is 3. The van der Waals surface area contributed by atoms with E-state index in [9.17, 15) is 9.59 Å². The summed E-state index contributed by atoms with van der Waals surface area (Å²) in [6, 6.07) is 0. The number of anilines is 1. The normalized spacial score (nSPS) is 16.0. The summed E-state index contributed by atoms with van der Waals surface area (Å²) in [7, 11) is 0. The molecular formula is C13H17N5O3. The Labute approximate surface area is 120 Å². The van der Waals surface area contributed by atoms with Crippen LogP contribution in [0.3, 0.4) is 0 Å². The first-order chi connectivity index (χ1) is 10.2. The summed E-state index contributed by atoms with van der Waals surface area (Å²) in [4.78, 5) is 27.6. The Bertz CT molecular complexity index is 665. The van der Waals surface area contributed by atoms with Gasteiger partial charge < -0.3 is 20.0 Å². The highest BCUT2D eigenvalue weighted by molar-refractivity contribution is 6.02. The highest BCUT2D eigenvalue weighted by atomic mass is 16.5. The lowest BCUT2D eigenvalue weighted by molar-refractivity contribution is 0.0601. The second-order valence-electron chi connectivity index (χ2n) is 5.12. The van der Waals surface area contributed by atoms with E-state index in [0.29, 0.717) is 11.6 Å². The Hall–Kier alpha value is -2.35. The zero-order chi connectivity index (χ0) is 14.7. The zero-order valence-electron chi connectivity index (χ0n) is 11.5. The van der Waals surface area contributed by atoms with Crippen LogP contribution in [0, 0.1) is 5.92 Å². The van der Waals surface area contributed by atoms with Gasteiger partial charge >= 0.3 is 5.69 Å². The van der Waals surface area contributed by atoms with Crippen molar-refractivity contribution < 1.29 is 9.53 Å². The van der Waals surface area contributed by atoms with Gasteiger partial charge in [-0.1, -0.05) is 0 Å². The third-order valence-corrected chi connectivity index (χ3v) is 3.52. The summed E-state index contributed by atoms with van der Waals surface area (Å²) in [5, 5.41) is 6.94. The fourth-order valence-corrected chi connectivity index (χ4v) is 2.37. The number of nitrogens with one attached hydrogen (secondary N) is 3. The van der Waals surface area contributed by atoms with Crippen LogP contribution in [0.1, 0.15) is 23.3 Å². The quantitative estimate of drug-likeness (QED) is 0.766. The monoisotopic (exact) mass is 291 g/mol. The van der Waals surface area contributed by atoms with Gasteiger partial charge in [0.25, 0.3) is 5.91 Å². The van der Waals surface area contributed by atoms with E-state index in [1.165, 1.54) is 6.20 Å². The van der Waals surface area contributed by atoms with E-state index in [0.717, 1.165) is 32.6 Å². The highest BCUT2D eigenvalue weighted by Crippen LogP contribution is 2.17. The SMILES string of the molecule is O=C(Nc1cnn(CC2CCOCC2)c1)c1c[nH]c(=O)[nH]1. The van der Waals surface area contributed by atoms with Gasteiger partial charge in [0.2, 0.25) is 0 Å².